The van der Waals surface area contributed by atoms with Crippen LogP contribution in [0.3, 0.4) is 0 Å². The van der Waals surface area contributed by atoms with Gasteiger partial charge in [0.25, 0.3) is 0 Å². The summed E-state index contributed by atoms with van der Waals surface area (Å²) < 4.78 is 14.8. The number of rotatable bonds is 7. The Bertz CT molecular complexity index is 568. The molecule has 0 fully saturated rings. The van der Waals surface area contributed by atoms with Crippen molar-refractivity contribution in [1.29, 1.82) is 0 Å². The Balaban J connectivity index is 1.93. The van der Waals surface area contributed by atoms with Crippen LogP contribution < -0.4 is 11.3 Å². The Labute approximate surface area is 128 Å². The van der Waals surface area contributed by atoms with Crippen molar-refractivity contribution in [3.63, 3.8) is 0 Å². The first-order chi connectivity index (χ1) is 10.1. The lowest BCUT2D eigenvalue weighted by Crippen LogP contribution is -2.39. The van der Waals surface area contributed by atoms with E-state index in [0.29, 0.717) is 0 Å². The number of nitrogens with two attached hydrogens (primary N) is 1. The van der Waals surface area contributed by atoms with Gasteiger partial charge in [-0.2, -0.15) is 5.10 Å². The highest BCUT2D eigenvalue weighted by Crippen LogP contribution is 2.20. The zero-order valence-electron chi connectivity index (χ0n) is 12.3. The maximum absolute atomic E-state index is 12.9. The summed E-state index contributed by atoms with van der Waals surface area (Å²) in [5.74, 6) is 6.25. The molecule has 6 heteroatoms. The van der Waals surface area contributed by atoms with Crippen molar-refractivity contribution < 1.29 is 4.39 Å². The highest BCUT2D eigenvalue weighted by Gasteiger charge is 2.12. The summed E-state index contributed by atoms with van der Waals surface area (Å²) in [5, 5.41) is 4.44. The molecular weight excluding hydrogens is 287 g/mol. The molecule has 0 amide bonds. The molecule has 0 saturated heterocycles. The smallest absolute Gasteiger partial charge is 0.123 e. The van der Waals surface area contributed by atoms with Crippen LogP contribution in [0.25, 0.3) is 0 Å². The molecule has 1 aromatic heterocycles. The molecule has 0 aliphatic carbocycles. The molecule has 0 aliphatic rings. The van der Waals surface area contributed by atoms with Crippen LogP contribution in [-0.2, 0) is 19.9 Å². The van der Waals surface area contributed by atoms with E-state index in [0.717, 1.165) is 34.9 Å². The number of nitrogens with one attached hydrogen (secondary N) is 1. The van der Waals surface area contributed by atoms with Crippen LogP contribution >= 0.6 is 11.8 Å². The predicted octanol–water partition coefficient (Wildman–Crippen LogP) is 2.29. The van der Waals surface area contributed by atoms with Crippen molar-refractivity contribution in [1.82, 2.24) is 15.2 Å². The number of halogens is 1. The Kier molecular flexibility index (Phi) is 5.78. The third-order valence-electron chi connectivity index (χ3n) is 3.35. The van der Waals surface area contributed by atoms with Crippen molar-refractivity contribution in [3.8, 4) is 0 Å². The largest absolute Gasteiger partial charge is 0.272 e. The van der Waals surface area contributed by atoms with Crippen LogP contribution in [0.1, 0.15) is 18.3 Å². The fourth-order valence-electron chi connectivity index (χ4n) is 2.08. The SMILES string of the molecule is CCc1cc(CC(CSc2ccc(F)cc2)NN)n(C)n1. The van der Waals surface area contributed by atoms with Crippen LogP contribution in [0.4, 0.5) is 4.39 Å². The molecule has 0 aliphatic heterocycles. The van der Waals surface area contributed by atoms with Crippen LogP contribution in [0.5, 0.6) is 0 Å². The number of aromatic nitrogens is 2. The van der Waals surface area contributed by atoms with Gasteiger partial charge in [0, 0.05) is 35.9 Å². The van der Waals surface area contributed by atoms with E-state index in [4.69, 9.17) is 5.84 Å². The number of hydrogen-bond acceptors (Lipinski definition) is 4. The molecule has 21 heavy (non-hydrogen) atoms. The highest BCUT2D eigenvalue weighted by atomic mass is 32.2. The summed E-state index contributed by atoms with van der Waals surface area (Å²) in [4.78, 5) is 1.04. The Hall–Kier alpha value is -1.37. The quantitative estimate of drug-likeness (QED) is 0.468. The minimum Gasteiger partial charge on any atom is -0.272 e. The van der Waals surface area contributed by atoms with E-state index in [1.165, 1.54) is 12.1 Å². The van der Waals surface area contributed by atoms with Gasteiger partial charge < -0.3 is 0 Å². The number of thioether (sulfide) groups is 1. The van der Waals surface area contributed by atoms with Crippen molar-refractivity contribution in [2.75, 3.05) is 5.75 Å². The van der Waals surface area contributed by atoms with Gasteiger partial charge in [0.15, 0.2) is 0 Å². The zero-order valence-corrected chi connectivity index (χ0v) is 13.2. The normalized spacial score (nSPS) is 12.6. The maximum atomic E-state index is 12.9. The molecule has 2 aromatic rings. The van der Waals surface area contributed by atoms with Crippen LogP contribution in [-0.4, -0.2) is 21.6 Å². The number of hydrogen-bond donors (Lipinski definition) is 2. The Morgan fingerprint density at radius 1 is 1.38 bits per heavy atom. The monoisotopic (exact) mass is 308 g/mol. The topological polar surface area (TPSA) is 55.9 Å². The number of benzene rings is 1. The van der Waals surface area contributed by atoms with E-state index in [1.807, 2.05) is 11.7 Å². The summed E-state index contributed by atoms with van der Waals surface area (Å²) in [6, 6.07) is 8.77. The number of hydrazine groups is 1. The predicted molar refractivity (Wildman–Crippen MR) is 84.5 cm³/mol. The highest BCUT2D eigenvalue weighted by molar-refractivity contribution is 7.99. The van der Waals surface area contributed by atoms with E-state index in [1.54, 1.807) is 23.9 Å². The molecule has 2 rings (SSSR count). The van der Waals surface area contributed by atoms with Crippen molar-refractivity contribution in [2.45, 2.75) is 30.7 Å². The first-order valence-electron chi connectivity index (χ1n) is 6.98. The van der Waals surface area contributed by atoms with Crippen molar-refractivity contribution in [2.24, 2.45) is 12.9 Å². The summed E-state index contributed by atoms with van der Waals surface area (Å²) in [5.41, 5.74) is 5.10. The van der Waals surface area contributed by atoms with Gasteiger partial charge in [0.05, 0.1) is 5.69 Å². The number of nitrogens with zero attached hydrogens (tertiary/aromatic N) is 2. The second kappa shape index (κ2) is 7.59. The minimum absolute atomic E-state index is 0.139. The van der Waals surface area contributed by atoms with Gasteiger partial charge in [-0.25, -0.2) is 4.39 Å². The molecule has 1 atom stereocenters. The molecule has 0 spiro atoms. The molecule has 0 radical (unpaired) electrons. The molecule has 3 N–H and O–H groups in total. The van der Waals surface area contributed by atoms with Crippen molar-refractivity contribution in [3.05, 3.63) is 47.5 Å². The van der Waals surface area contributed by atoms with Gasteiger partial charge in [0.1, 0.15) is 5.82 Å². The summed E-state index contributed by atoms with van der Waals surface area (Å²) in [6.07, 6.45) is 1.74. The molecule has 1 heterocycles. The van der Waals surface area contributed by atoms with Gasteiger partial charge in [0.2, 0.25) is 0 Å². The number of aryl methyl sites for hydroxylation is 2. The van der Waals surface area contributed by atoms with Gasteiger partial charge in [-0.15, -0.1) is 11.8 Å². The van der Waals surface area contributed by atoms with Crippen LogP contribution in [0.15, 0.2) is 35.2 Å². The summed E-state index contributed by atoms with van der Waals surface area (Å²) >= 11 is 1.66. The first-order valence-corrected chi connectivity index (χ1v) is 7.97. The molecule has 1 aromatic carbocycles. The van der Waals surface area contributed by atoms with E-state index in [-0.39, 0.29) is 11.9 Å². The Morgan fingerprint density at radius 2 is 2.10 bits per heavy atom. The lowest BCUT2D eigenvalue weighted by molar-refractivity contribution is 0.550. The van der Waals surface area contributed by atoms with Gasteiger partial charge in [-0.1, -0.05) is 6.92 Å². The molecule has 4 nitrogen and oxygen atoms in total. The Morgan fingerprint density at radius 3 is 2.67 bits per heavy atom. The van der Waals surface area contributed by atoms with Gasteiger partial charge in [-0.05, 0) is 36.8 Å². The fraction of sp³-hybridized carbons (Fsp3) is 0.400. The second-order valence-electron chi connectivity index (χ2n) is 4.94. The molecule has 0 bridgehead atoms. The van der Waals surface area contributed by atoms with Crippen molar-refractivity contribution >= 4 is 11.8 Å². The zero-order chi connectivity index (χ0) is 15.2. The van der Waals surface area contributed by atoms with E-state index in [9.17, 15) is 4.39 Å². The summed E-state index contributed by atoms with van der Waals surface area (Å²) in [7, 11) is 1.95. The maximum Gasteiger partial charge on any atom is 0.123 e. The molecular formula is C15H21FN4S. The van der Waals surface area contributed by atoms with Gasteiger partial charge in [-0.3, -0.25) is 16.0 Å². The van der Waals surface area contributed by atoms with Crippen LogP contribution in [0.2, 0.25) is 0 Å². The van der Waals surface area contributed by atoms with E-state index in [2.05, 4.69) is 23.5 Å². The lowest BCUT2D eigenvalue weighted by Gasteiger charge is -2.15. The standard InChI is InChI=1S/C15H21FN4S/c1-3-12-8-14(20(2)19-12)9-13(18-17)10-21-15-6-4-11(16)5-7-15/h4-8,13,18H,3,9-10,17H2,1-2H3. The molecule has 114 valence electrons. The third kappa shape index (κ3) is 4.56. The van der Waals surface area contributed by atoms with Gasteiger partial charge >= 0.3 is 0 Å². The first kappa shape index (κ1) is 16.0. The third-order valence-corrected chi connectivity index (χ3v) is 4.52. The van der Waals surface area contributed by atoms with Crippen LogP contribution in [0, 0.1) is 5.82 Å². The minimum atomic E-state index is -0.213. The molecule has 1 unspecified atom stereocenters. The fourth-order valence-corrected chi connectivity index (χ4v) is 3.02. The summed E-state index contributed by atoms with van der Waals surface area (Å²) in [6.45, 7) is 2.09. The molecule has 0 saturated carbocycles. The second-order valence-corrected chi connectivity index (χ2v) is 6.03. The average molecular weight is 308 g/mol. The average Bonchev–Trinajstić information content (AvgIpc) is 2.85. The lowest BCUT2D eigenvalue weighted by atomic mass is 10.2. The van der Waals surface area contributed by atoms with E-state index < -0.39 is 0 Å². The van der Waals surface area contributed by atoms with E-state index >= 15 is 0 Å².